The van der Waals surface area contributed by atoms with Crippen LogP contribution in [0.3, 0.4) is 0 Å². The number of hydrogen-bond acceptors (Lipinski definition) is 2. The van der Waals surface area contributed by atoms with Crippen molar-refractivity contribution in [3.8, 4) is 5.69 Å². The van der Waals surface area contributed by atoms with E-state index in [0.717, 1.165) is 39.7 Å². The molecule has 8 heteroatoms. The maximum Gasteiger partial charge on any atom is 0.282 e. The van der Waals surface area contributed by atoms with Gasteiger partial charge in [-0.2, -0.15) is 5.10 Å². The van der Waals surface area contributed by atoms with Crippen molar-refractivity contribution in [3.63, 3.8) is 0 Å². The minimum Gasteiger partial charge on any atom is -0.324 e. The normalized spacial score (nSPS) is 13.2. The van der Waals surface area contributed by atoms with Crippen molar-refractivity contribution in [1.82, 2.24) is 9.78 Å². The van der Waals surface area contributed by atoms with E-state index >= 15 is 0 Å². The molecule has 3 aromatic rings. The number of halogens is 3. The summed E-state index contributed by atoms with van der Waals surface area (Å²) in [5, 5.41) is 6.95. The predicted molar refractivity (Wildman–Crippen MR) is 108 cm³/mol. The second kappa shape index (κ2) is 8.71. The lowest BCUT2D eigenvalue weighted by Crippen LogP contribution is -3.12. The van der Waals surface area contributed by atoms with E-state index in [1.165, 1.54) is 0 Å². The number of nitrogens with one attached hydrogen (secondary N) is 2. The van der Waals surface area contributed by atoms with Gasteiger partial charge in [0.2, 0.25) is 0 Å². The predicted octanol–water partition coefficient (Wildman–Crippen LogP) is 2.95. The number of likely N-dealkylation sites (N-methyl/N-ethyl adjacent to an activating group) is 1. The standard InChI is InChI=1S/C22H23F3N4O/c1-13-17(14(2)29(27-13)16-8-6-5-7-9-16)12-28(4)15(3)22(30)26-19-11-10-18(23)20(24)21(19)25/h5-11,15H,12H2,1-4H3,(H,26,30)/p+1/t15-/m1/s1. The third kappa shape index (κ3) is 4.23. The molecule has 0 aliphatic heterocycles. The Hall–Kier alpha value is -3.13. The number of benzene rings is 2. The number of carbonyl (C=O) groups is 1. The molecule has 0 spiro atoms. The van der Waals surface area contributed by atoms with Crippen LogP contribution in [-0.2, 0) is 11.3 Å². The van der Waals surface area contributed by atoms with Crippen LogP contribution >= 0.6 is 0 Å². The maximum atomic E-state index is 13.9. The van der Waals surface area contributed by atoms with Gasteiger partial charge in [-0.15, -0.1) is 0 Å². The van der Waals surface area contributed by atoms with Crippen LogP contribution in [0.1, 0.15) is 23.9 Å². The van der Waals surface area contributed by atoms with Gasteiger partial charge in [-0.05, 0) is 45.0 Å². The highest BCUT2D eigenvalue weighted by atomic mass is 19.2. The fourth-order valence-corrected chi connectivity index (χ4v) is 3.27. The minimum atomic E-state index is -1.61. The first-order valence-electron chi connectivity index (χ1n) is 9.58. The number of hydrogen-bond donors (Lipinski definition) is 2. The lowest BCUT2D eigenvalue weighted by atomic mass is 10.1. The first kappa shape index (κ1) is 21.6. The highest BCUT2D eigenvalue weighted by Crippen LogP contribution is 2.20. The molecule has 2 atom stereocenters. The molecule has 0 saturated heterocycles. The summed E-state index contributed by atoms with van der Waals surface area (Å²) in [5.41, 5.74) is 3.40. The van der Waals surface area contributed by atoms with Gasteiger partial charge in [-0.1, -0.05) is 18.2 Å². The summed E-state index contributed by atoms with van der Waals surface area (Å²) < 4.78 is 42.2. The van der Waals surface area contributed by atoms with Crippen molar-refractivity contribution in [3.05, 3.63) is 76.9 Å². The summed E-state index contributed by atoms with van der Waals surface area (Å²) in [6.07, 6.45) is 0. The Labute approximate surface area is 173 Å². The third-order valence-electron chi connectivity index (χ3n) is 5.32. The molecule has 2 N–H and O–H groups in total. The maximum absolute atomic E-state index is 13.9. The van der Waals surface area contributed by atoms with E-state index in [0.29, 0.717) is 6.54 Å². The Kier molecular flexibility index (Phi) is 6.26. The molecule has 2 aromatic carbocycles. The largest absolute Gasteiger partial charge is 0.324 e. The van der Waals surface area contributed by atoms with Gasteiger partial charge in [0.05, 0.1) is 35.4 Å². The molecular weight excluding hydrogens is 393 g/mol. The van der Waals surface area contributed by atoms with Crippen molar-refractivity contribution in [1.29, 1.82) is 0 Å². The topological polar surface area (TPSA) is 51.4 Å². The summed E-state index contributed by atoms with van der Waals surface area (Å²) in [4.78, 5) is 13.4. The summed E-state index contributed by atoms with van der Waals surface area (Å²) >= 11 is 0. The molecular formula is C22H24F3N4O+. The lowest BCUT2D eigenvalue weighted by Gasteiger charge is -2.21. The average molecular weight is 417 g/mol. The number of amides is 1. The lowest BCUT2D eigenvalue weighted by molar-refractivity contribution is -0.907. The molecule has 1 aromatic heterocycles. The molecule has 0 bridgehead atoms. The van der Waals surface area contributed by atoms with Gasteiger partial charge < -0.3 is 10.2 Å². The minimum absolute atomic E-state index is 0.386. The molecule has 0 radical (unpaired) electrons. The van der Waals surface area contributed by atoms with Gasteiger partial charge >= 0.3 is 0 Å². The highest BCUT2D eigenvalue weighted by molar-refractivity contribution is 5.93. The van der Waals surface area contributed by atoms with Crippen LogP contribution in [0.5, 0.6) is 0 Å². The number of carbonyl (C=O) groups excluding carboxylic acids is 1. The van der Waals surface area contributed by atoms with Crippen LogP contribution in [-0.4, -0.2) is 28.8 Å². The Balaban J connectivity index is 1.74. The van der Waals surface area contributed by atoms with E-state index in [9.17, 15) is 18.0 Å². The SMILES string of the molecule is Cc1nn(-c2ccccc2)c(C)c1C[NH+](C)[C@H](C)C(=O)Nc1ccc(F)c(F)c1F. The van der Waals surface area contributed by atoms with Gasteiger partial charge in [-0.25, -0.2) is 17.9 Å². The van der Waals surface area contributed by atoms with E-state index in [1.54, 1.807) is 6.92 Å². The monoisotopic (exact) mass is 417 g/mol. The van der Waals surface area contributed by atoms with Crippen LogP contribution in [0, 0.1) is 31.3 Å². The fourth-order valence-electron chi connectivity index (χ4n) is 3.27. The molecule has 0 aliphatic carbocycles. The van der Waals surface area contributed by atoms with Gasteiger partial charge in [0.15, 0.2) is 23.5 Å². The zero-order valence-corrected chi connectivity index (χ0v) is 17.3. The molecule has 0 fully saturated rings. The van der Waals surface area contributed by atoms with Crippen molar-refractivity contribution in [2.45, 2.75) is 33.4 Å². The molecule has 1 amide bonds. The molecule has 30 heavy (non-hydrogen) atoms. The highest BCUT2D eigenvalue weighted by Gasteiger charge is 2.26. The molecule has 1 heterocycles. The molecule has 0 aliphatic rings. The molecule has 1 unspecified atom stereocenters. The fraction of sp³-hybridized carbons (Fsp3) is 0.273. The summed E-state index contributed by atoms with van der Waals surface area (Å²) in [6, 6.07) is 10.9. The quantitative estimate of drug-likeness (QED) is 0.606. The van der Waals surface area contributed by atoms with Crippen molar-refractivity contribution < 1.29 is 22.9 Å². The summed E-state index contributed by atoms with van der Waals surface area (Å²) in [5.74, 6) is -4.82. The second-order valence-electron chi connectivity index (χ2n) is 7.35. The number of rotatable bonds is 6. The van der Waals surface area contributed by atoms with Crippen LogP contribution in [0.4, 0.5) is 18.9 Å². The number of anilines is 1. The first-order valence-corrected chi connectivity index (χ1v) is 9.58. The van der Waals surface area contributed by atoms with Crippen LogP contribution in [0.2, 0.25) is 0 Å². The summed E-state index contributed by atoms with van der Waals surface area (Å²) in [6.45, 7) is 6.08. The van der Waals surface area contributed by atoms with Crippen LogP contribution in [0.25, 0.3) is 5.69 Å². The molecule has 5 nitrogen and oxygen atoms in total. The summed E-state index contributed by atoms with van der Waals surface area (Å²) in [7, 11) is 1.84. The van der Waals surface area contributed by atoms with E-state index in [-0.39, 0.29) is 5.69 Å². The Morgan fingerprint density at radius 3 is 2.43 bits per heavy atom. The van der Waals surface area contributed by atoms with E-state index in [2.05, 4.69) is 10.4 Å². The average Bonchev–Trinajstić information content (AvgIpc) is 3.02. The van der Waals surface area contributed by atoms with Gasteiger partial charge in [0.1, 0.15) is 6.54 Å². The van der Waals surface area contributed by atoms with Crippen molar-refractivity contribution in [2.24, 2.45) is 0 Å². The van der Waals surface area contributed by atoms with E-state index in [1.807, 2.05) is 55.9 Å². The zero-order valence-electron chi connectivity index (χ0n) is 17.3. The van der Waals surface area contributed by atoms with Crippen LogP contribution in [0.15, 0.2) is 42.5 Å². The van der Waals surface area contributed by atoms with Gasteiger partial charge in [-0.3, -0.25) is 4.79 Å². The molecule has 0 saturated carbocycles. The van der Waals surface area contributed by atoms with Crippen LogP contribution < -0.4 is 10.2 Å². The number of para-hydroxylation sites is 1. The molecule has 3 rings (SSSR count). The Bertz CT molecular complexity index is 1070. The third-order valence-corrected chi connectivity index (χ3v) is 5.32. The Morgan fingerprint density at radius 1 is 1.10 bits per heavy atom. The van der Waals surface area contributed by atoms with E-state index < -0.39 is 29.4 Å². The Morgan fingerprint density at radius 2 is 1.77 bits per heavy atom. The van der Waals surface area contributed by atoms with Gasteiger partial charge in [0, 0.05) is 0 Å². The van der Waals surface area contributed by atoms with E-state index in [4.69, 9.17) is 0 Å². The number of aromatic nitrogens is 2. The second-order valence-corrected chi connectivity index (χ2v) is 7.35. The number of quaternary nitrogens is 1. The van der Waals surface area contributed by atoms with Crippen molar-refractivity contribution in [2.75, 3.05) is 12.4 Å². The van der Waals surface area contributed by atoms with Gasteiger partial charge in [0.25, 0.3) is 5.91 Å². The first-order chi connectivity index (χ1) is 14.2. The van der Waals surface area contributed by atoms with Crippen molar-refractivity contribution >= 4 is 11.6 Å². The smallest absolute Gasteiger partial charge is 0.282 e. The zero-order chi connectivity index (χ0) is 22.0. The number of nitrogens with zero attached hydrogens (tertiary/aromatic N) is 2. The molecule has 158 valence electrons. The number of aryl methyl sites for hydroxylation is 1.